The van der Waals surface area contributed by atoms with Crippen LogP contribution in [0, 0.1) is 0 Å². The average molecular weight is 471 g/mol. The molecule has 4 rings (SSSR count). The molecule has 2 fully saturated rings. The number of hydrogen-bond donors (Lipinski definition) is 0. The fraction of sp³-hybridized carbons (Fsp3) is 0.360. The Labute approximate surface area is 198 Å². The first-order valence-electron chi connectivity index (χ1n) is 11.1. The second-order valence-corrected chi connectivity index (χ2v) is 8.20. The summed E-state index contributed by atoms with van der Waals surface area (Å²) >= 11 is 6.16. The van der Waals surface area contributed by atoms with E-state index in [0.29, 0.717) is 5.02 Å². The van der Waals surface area contributed by atoms with E-state index in [9.17, 15) is 9.59 Å². The molecule has 1 heterocycles. The van der Waals surface area contributed by atoms with E-state index >= 15 is 0 Å². The van der Waals surface area contributed by atoms with Crippen LogP contribution in [0.25, 0.3) is 5.57 Å². The molecule has 2 aliphatic rings. The van der Waals surface area contributed by atoms with E-state index in [1.165, 1.54) is 10.0 Å². The van der Waals surface area contributed by atoms with Crippen molar-refractivity contribution in [1.29, 1.82) is 0 Å². The molecule has 2 atom stereocenters. The molecule has 1 saturated carbocycles. The summed E-state index contributed by atoms with van der Waals surface area (Å²) in [6, 6.07) is 14.7. The number of rotatable bonds is 5. The fourth-order valence-corrected chi connectivity index (χ4v) is 4.80. The van der Waals surface area contributed by atoms with Gasteiger partial charge in [0, 0.05) is 5.02 Å². The Morgan fingerprint density at radius 3 is 1.73 bits per heavy atom. The summed E-state index contributed by atoms with van der Waals surface area (Å²) in [5.74, 6) is 0.745. The summed E-state index contributed by atoms with van der Waals surface area (Å²) in [4.78, 5) is 25.8. The average Bonchev–Trinajstić information content (AvgIpc) is 3.37. The number of amides is 2. The highest BCUT2D eigenvalue weighted by atomic mass is 35.5. The largest absolute Gasteiger partial charge is 0.497 e. The van der Waals surface area contributed by atoms with Gasteiger partial charge in [-0.3, -0.25) is 0 Å². The molecule has 0 radical (unpaired) electrons. The molecule has 1 aliphatic heterocycles. The van der Waals surface area contributed by atoms with Gasteiger partial charge in [0.15, 0.2) is 0 Å². The van der Waals surface area contributed by atoms with Gasteiger partial charge in [0.05, 0.1) is 32.4 Å². The first-order valence-corrected chi connectivity index (χ1v) is 11.4. The lowest BCUT2D eigenvalue weighted by Gasteiger charge is -2.35. The predicted octanol–water partition coefficient (Wildman–Crippen LogP) is 5.53. The number of methoxy groups -OCH3 is 1. The van der Waals surface area contributed by atoms with Crippen molar-refractivity contribution in [3.05, 3.63) is 70.3 Å². The number of ether oxygens (including phenoxy) is 3. The molecule has 33 heavy (non-hydrogen) atoms. The SMILES string of the molecule is CCOC(=O)N1C2CCC(C2=C(c2ccc(Cl)cc2)c2ccc(OC)cc2)N1C(=O)OCC. The molecule has 174 valence electrons. The Morgan fingerprint density at radius 1 is 0.848 bits per heavy atom. The maximum atomic E-state index is 12.9. The summed E-state index contributed by atoms with van der Waals surface area (Å²) in [6.07, 6.45) is 0.338. The molecule has 1 saturated heterocycles. The Balaban J connectivity index is 1.90. The number of benzene rings is 2. The second-order valence-electron chi connectivity index (χ2n) is 7.76. The summed E-state index contributed by atoms with van der Waals surface area (Å²) < 4.78 is 15.9. The van der Waals surface area contributed by atoms with E-state index in [2.05, 4.69) is 0 Å². The Bertz CT molecular complexity index is 1020. The van der Waals surface area contributed by atoms with Crippen molar-refractivity contribution < 1.29 is 23.8 Å². The van der Waals surface area contributed by atoms with Gasteiger partial charge >= 0.3 is 12.2 Å². The lowest BCUT2D eigenvalue weighted by molar-refractivity contribution is -0.0378. The maximum absolute atomic E-state index is 12.9. The topological polar surface area (TPSA) is 68.3 Å². The minimum Gasteiger partial charge on any atom is -0.497 e. The molecule has 2 aromatic carbocycles. The minimum absolute atomic E-state index is 0.213. The molecule has 2 aromatic rings. The Kier molecular flexibility index (Phi) is 6.79. The number of nitrogens with zero attached hydrogens (tertiary/aromatic N) is 2. The molecule has 1 aliphatic carbocycles. The highest BCUT2D eigenvalue weighted by Gasteiger charge is 2.55. The zero-order valence-corrected chi connectivity index (χ0v) is 19.7. The van der Waals surface area contributed by atoms with Gasteiger partial charge in [0.2, 0.25) is 0 Å². The van der Waals surface area contributed by atoms with Crippen LogP contribution in [0.4, 0.5) is 9.59 Å². The van der Waals surface area contributed by atoms with Crippen molar-refractivity contribution in [2.75, 3.05) is 20.3 Å². The van der Waals surface area contributed by atoms with Crippen molar-refractivity contribution in [1.82, 2.24) is 10.0 Å². The number of hydrazine groups is 1. The number of carbonyl (C=O) groups is 2. The first kappa shape index (κ1) is 23.0. The van der Waals surface area contributed by atoms with Crippen molar-refractivity contribution in [2.45, 2.75) is 38.8 Å². The van der Waals surface area contributed by atoms with Crippen molar-refractivity contribution in [3.63, 3.8) is 0 Å². The normalized spacial score (nSPS) is 19.0. The van der Waals surface area contributed by atoms with E-state index < -0.39 is 12.2 Å². The van der Waals surface area contributed by atoms with Crippen molar-refractivity contribution in [2.24, 2.45) is 0 Å². The summed E-state index contributed by atoms with van der Waals surface area (Å²) in [5.41, 5.74) is 3.86. The first-order chi connectivity index (χ1) is 16.0. The number of hydrogen-bond acceptors (Lipinski definition) is 5. The van der Waals surface area contributed by atoms with Crippen LogP contribution >= 0.6 is 11.6 Å². The highest BCUT2D eigenvalue weighted by Crippen LogP contribution is 2.48. The summed E-state index contributed by atoms with van der Waals surface area (Å²) in [6.45, 7) is 3.91. The lowest BCUT2D eigenvalue weighted by atomic mass is 9.90. The van der Waals surface area contributed by atoms with Crippen LogP contribution in [0.2, 0.25) is 5.02 Å². The van der Waals surface area contributed by atoms with Gasteiger partial charge < -0.3 is 14.2 Å². The molecule has 2 bridgehead atoms. The van der Waals surface area contributed by atoms with Crippen LogP contribution in [0.5, 0.6) is 5.75 Å². The molecule has 7 nitrogen and oxygen atoms in total. The van der Waals surface area contributed by atoms with Gasteiger partial charge in [-0.15, -0.1) is 0 Å². The molecule has 2 amide bonds. The quantitative estimate of drug-likeness (QED) is 0.575. The van der Waals surface area contributed by atoms with Gasteiger partial charge in [-0.2, -0.15) is 0 Å². The molecular formula is C25H27ClN2O5. The van der Waals surface area contributed by atoms with Gasteiger partial charge in [-0.05, 0) is 73.2 Å². The zero-order valence-electron chi connectivity index (χ0n) is 18.9. The van der Waals surface area contributed by atoms with Gasteiger partial charge in [-0.25, -0.2) is 19.6 Å². The number of fused-ring (bicyclic) bond motifs is 2. The van der Waals surface area contributed by atoms with Gasteiger partial charge in [0.25, 0.3) is 0 Å². The molecule has 0 N–H and O–H groups in total. The van der Waals surface area contributed by atoms with Crippen LogP contribution in [-0.4, -0.2) is 54.6 Å². The third-order valence-electron chi connectivity index (χ3n) is 5.96. The molecule has 8 heteroatoms. The van der Waals surface area contributed by atoms with E-state index in [-0.39, 0.29) is 25.3 Å². The van der Waals surface area contributed by atoms with Gasteiger partial charge in [-0.1, -0.05) is 35.9 Å². The fourth-order valence-electron chi connectivity index (χ4n) is 4.67. The number of halogens is 1. The Hall–Kier alpha value is -3.19. The smallest absolute Gasteiger partial charge is 0.429 e. The minimum atomic E-state index is -0.555. The third-order valence-corrected chi connectivity index (χ3v) is 6.22. The van der Waals surface area contributed by atoms with Crippen molar-refractivity contribution >= 4 is 29.4 Å². The maximum Gasteiger partial charge on any atom is 0.429 e. The molecule has 0 aromatic heterocycles. The molecular weight excluding hydrogens is 444 g/mol. The monoisotopic (exact) mass is 470 g/mol. The molecule has 0 spiro atoms. The zero-order chi connectivity index (χ0) is 23.5. The van der Waals surface area contributed by atoms with E-state index in [4.69, 9.17) is 25.8 Å². The summed E-state index contributed by atoms with van der Waals surface area (Å²) in [7, 11) is 1.62. The standard InChI is InChI=1S/C25H27ClN2O5/c1-4-32-24(29)27-20-14-15-21(28(27)25(30)33-5-2)23(20)22(16-6-10-18(26)11-7-16)17-8-12-19(31-3)13-9-17/h6-13,20-21H,4-5,14-15H2,1-3H3. The van der Waals surface area contributed by atoms with Crippen LogP contribution in [-0.2, 0) is 9.47 Å². The van der Waals surface area contributed by atoms with E-state index in [1.807, 2.05) is 48.5 Å². The lowest BCUT2D eigenvalue weighted by Crippen LogP contribution is -2.53. The highest BCUT2D eigenvalue weighted by molar-refractivity contribution is 6.30. The van der Waals surface area contributed by atoms with Crippen LogP contribution < -0.4 is 4.74 Å². The van der Waals surface area contributed by atoms with E-state index in [0.717, 1.165) is 40.9 Å². The van der Waals surface area contributed by atoms with Crippen LogP contribution in [0.15, 0.2) is 54.1 Å². The van der Waals surface area contributed by atoms with Gasteiger partial charge in [0.1, 0.15) is 5.75 Å². The summed E-state index contributed by atoms with van der Waals surface area (Å²) in [5, 5.41) is 3.48. The van der Waals surface area contributed by atoms with E-state index in [1.54, 1.807) is 21.0 Å². The van der Waals surface area contributed by atoms with Crippen LogP contribution in [0.1, 0.15) is 37.8 Å². The molecule has 2 unspecified atom stereocenters. The Morgan fingerprint density at radius 2 is 1.30 bits per heavy atom. The second kappa shape index (κ2) is 9.75. The number of carbonyl (C=O) groups excluding carboxylic acids is 2. The van der Waals surface area contributed by atoms with Crippen molar-refractivity contribution in [3.8, 4) is 5.75 Å². The predicted molar refractivity (Wildman–Crippen MR) is 125 cm³/mol. The van der Waals surface area contributed by atoms with Crippen LogP contribution in [0.3, 0.4) is 0 Å². The third kappa shape index (κ3) is 4.25.